The first-order valence-electron chi connectivity index (χ1n) is 5.57. The average molecular weight is 272 g/mol. The number of rotatable bonds is 3. The van der Waals surface area contributed by atoms with Crippen LogP contribution in [0.25, 0.3) is 0 Å². The molecule has 2 aromatic carbocycles. The molecule has 0 heterocycles. The van der Waals surface area contributed by atoms with Crippen LogP contribution in [0.1, 0.15) is 15.9 Å². The van der Waals surface area contributed by atoms with E-state index in [0.717, 1.165) is 6.07 Å². The Morgan fingerprint density at radius 3 is 2.53 bits per heavy atom. The molecule has 0 unspecified atom stereocenters. The minimum absolute atomic E-state index is 0.0159. The first-order valence-corrected chi connectivity index (χ1v) is 5.95. The molecule has 0 spiro atoms. The van der Waals surface area contributed by atoms with Crippen molar-refractivity contribution < 1.29 is 15.0 Å². The van der Waals surface area contributed by atoms with E-state index in [-0.39, 0.29) is 34.3 Å². The highest BCUT2D eigenvalue weighted by Crippen LogP contribution is 2.31. The summed E-state index contributed by atoms with van der Waals surface area (Å²) >= 11 is 5.73. The molecule has 0 aliphatic heterocycles. The molecule has 5 heteroatoms. The summed E-state index contributed by atoms with van der Waals surface area (Å²) < 4.78 is 0. The molecule has 0 bridgehead atoms. The Kier molecular flexibility index (Phi) is 3.81. The Morgan fingerprint density at radius 1 is 1.16 bits per heavy atom. The fourth-order valence-electron chi connectivity index (χ4n) is 1.74. The van der Waals surface area contributed by atoms with Crippen molar-refractivity contribution in [1.82, 2.24) is 0 Å². The molecule has 3 nitrogen and oxygen atoms in total. The third kappa shape index (κ3) is 2.91. The number of benzene rings is 2. The third-order valence-corrected chi connectivity index (χ3v) is 3.07. The van der Waals surface area contributed by atoms with Crippen molar-refractivity contribution in [2.45, 2.75) is 6.42 Å². The lowest BCUT2D eigenvalue weighted by Gasteiger charge is -2.08. The van der Waals surface area contributed by atoms with Crippen LogP contribution >= 0.6 is 11.6 Å². The largest absolute Gasteiger partial charge is 0.507 e. The first-order chi connectivity index (χ1) is 8.99. The molecular weight excluding hydrogens is 262 g/mol. The number of Topliss-reactive ketones (excluding diaryl/α,β-unsaturated/α-hetero) is 1. The summed E-state index contributed by atoms with van der Waals surface area (Å²) in [7, 11) is 5.76. The van der Waals surface area contributed by atoms with E-state index < -0.39 is 0 Å². The molecule has 0 aliphatic carbocycles. The van der Waals surface area contributed by atoms with Gasteiger partial charge in [0.25, 0.3) is 0 Å². The lowest BCUT2D eigenvalue weighted by Crippen LogP contribution is -2.14. The standard InChI is InChI=1S/C14H10BClO3/c15-10-4-2-1-3-8(10)5-12(17)9-6-11(16)14(19)7-13(9)18/h1-4,6-7,18-19H,5H2. The lowest BCUT2D eigenvalue weighted by atomic mass is 9.87. The van der Waals surface area contributed by atoms with Crippen LogP contribution in [0.15, 0.2) is 36.4 Å². The second kappa shape index (κ2) is 5.37. The van der Waals surface area contributed by atoms with Crippen LogP contribution in [0.3, 0.4) is 0 Å². The Hall–Kier alpha value is -1.94. The highest BCUT2D eigenvalue weighted by molar-refractivity contribution is 6.34. The fraction of sp³-hybridized carbons (Fsp3) is 0.0714. The number of ketones is 1. The van der Waals surface area contributed by atoms with Crippen molar-refractivity contribution in [2.24, 2.45) is 0 Å². The molecule has 0 atom stereocenters. The number of carbonyl (C=O) groups is 1. The summed E-state index contributed by atoms with van der Waals surface area (Å²) in [5, 5.41) is 19.0. The molecule has 0 amide bonds. The van der Waals surface area contributed by atoms with Crippen molar-refractivity contribution in [3.05, 3.63) is 52.5 Å². The van der Waals surface area contributed by atoms with Crippen molar-refractivity contribution in [3.63, 3.8) is 0 Å². The second-order valence-electron chi connectivity index (χ2n) is 4.12. The van der Waals surface area contributed by atoms with Gasteiger partial charge in [-0.1, -0.05) is 41.3 Å². The molecule has 94 valence electrons. The zero-order chi connectivity index (χ0) is 14.0. The van der Waals surface area contributed by atoms with Crippen LogP contribution in [0.4, 0.5) is 0 Å². The molecule has 2 radical (unpaired) electrons. The number of halogens is 1. The van der Waals surface area contributed by atoms with Crippen molar-refractivity contribution in [2.75, 3.05) is 0 Å². The molecule has 19 heavy (non-hydrogen) atoms. The van der Waals surface area contributed by atoms with Gasteiger partial charge in [-0.2, -0.15) is 0 Å². The van der Waals surface area contributed by atoms with Gasteiger partial charge in [0.1, 0.15) is 19.3 Å². The SMILES string of the molecule is [B]c1ccccc1CC(=O)c1cc(Cl)c(O)cc1O. The highest BCUT2D eigenvalue weighted by atomic mass is 35.5. The molecule has 0 saturated heterocycles. The van der Waals surface area contributed by atoms with E-state index >= 15 is 0 Å². The summed E-state index contributed by atoms with van der Waals surface area (Å²) in [6.45, 7) is 0. The minimum atomic E-state index is -0.322. The number of carbonyl (C=O) groups excluding carboxylic acids is 1. The number of hydrogen-bond donors (Lipinski definition) is 2. The lowest BCUT2D eigenvalue weighted by molar-refractivity contribution is 0.0990. The summed E-state index contributed by atoms with van der Waals surface area (Å²) in [4.78, 5) is 12.1. The summed E-state index contributed by atoms with van der Waals surface area (Å²) in [5.74, 6) is -0.895. The van der Waals surface area contributed by atoms with Gasteiger partial charge in [-0.25, -0.2) is 0 Å². The molecule has 0 aliphatic rings. The van der Waals surface area contributed by atoms with Gasteiger partial charge in [0.05, 0.1) is 10.6 Å². The van der Waals surface area contributed by atoms with Crippen LogP contribution in [-0.4, -0.2) is 23.8 Å². The zero-order valence-corrected chi connectivity index (χ0v) is 10.7. The van der Waals surface area contributed by atoms with E-state index in [1.165, 1.54) is 6.07 Å². The smallest absolute Gasteiger partial charge is 0.170 e. The third-order valence-electron chi connectivity index (χ3n) is 2.77. The average Bonchev–Trinajstić information content (AvgIpc) is 2.36. The maximum Gasteiger partial charge on any atom is 0.170 e. The Labute approximate surface area is 116 Å². The summed E-state index contributed by atoms with van der Waals surface area (Å²) in [6, 6.07) is 9.29. The number of phenols is 2. The maximum atomic E-state index is 12.1. The zero-order valence-electron chi connectivity index (χ0n) is 9.93. The van der Waals surface area contributed by atoms with Crippen molar-refractivity contribution >= 4 is 30.7 Å². The van der Waals surface area contributed by atoms with Gasteiger partial charge in [0.2, 0.25) is 0 Å². The molecule has 2 rings (SSSR count). The number of hydrogen-bond acceptors (Lipinski definition) is 3. The van der Waals surface area contributed by atoms with E-state index in [2.05, 4.69) is 0 Å². The Bertz CT molecular complexity index is 641. The van der Waals surface area contributed by atoms with Crippen LogP contribution in [0, 0.1) is 0 Å². The Balaban J connectivity index is 2.31. The van der Waals surface area contributed by atoms with Gasteiger partial charge in [0, 0.05) is 12.5 Å². The molecule has 0 aromatic heterocycles. The van der Waals surface area contributed by atoms with E-state index in [0.29, 0.717) is 11.0 Å². The monoisotopic (exact) mass is 272 g/mol. The normalized spacial score (nSPS) is 10.4. The Morgan fingerprint density at radius 2 is 1.84 bits per heavy atom. The summed E-state index contributed by atoms with van der Waals surface area (Å²) in [5.41, 5.74) is 1.25. The van der Waals surface area contributed by atoms with Gasteiger partial charge in [-0.15, -0.1) is 0 Å². The van der Waals surface area contributed by atoms with Gasteiger partial charge >= 0.3 is 0 Å². The van der Waals surface area contributed by atoms with Gasteiger partial charge in [-0.05, 0) is 11.6 Å². The van der Waals surface area contributed by atoms with E-state index in [1.54, 1.807) is 24.3 Å². The van der Waals surface area contributed by atoms with Crippen LogP contribution in [-0.2, 0) is 6.42 Å². The minimum Gasteiger partial charge on any atom is -0.507 e. The molecule has 2 aromatic rings. The molecule has 2 N–H and O–H groups in total. The van der Waals surface area contributed by atoms with E-state index in [4.69, 9.17) is 19.4 Å². The highest BCUT2D eigenvalue weighted by Gasteiger charge is 2.15. The maximum absolute atomic E-state index is 12.1. The number of aromatic hydroxyl groups is 2. The van der Waals surface area contributed by atoms with Gasteiger partial charge < -0.3 is 10.2 Å². The predicted octanol–water partition coefficient (Wildman–Crippen LogP) is 1.97. The van der Waals surface area contributed by atoms with Gasteiger partial charge in [-0.3, -0.25) is 4.79 Å². The van der Waals surface area contributed by atoms with Crippen molar-refractivity contribution in [3.8, 4) is 11.5 Å². The van der Waals surface area contributed by atoms with Crippen molar-refractivity contribution in [1.29, 1.82) is 0 Å². The topological polar surface area (TPSA) is 57.5 Å². The number of phenolic OH excluding ortho intramolecular Hbond substituents is 2. The fourth-order valence-corrected chi connectivity index (χ4v) is 1.90. The molecular formula is C14H10BClO3. The molecule has 0 fully saturated rings. The second-order valence-corrected chi connectivity index (χ2v) is 4.53. The van der Waals surface area contributed by atoms with Crippen LogP contribution < -0.4 is 5.46 Å². The molecule has 0 saturated carbocycles. The predicted molar refractivity (Wildman–Crippen MR) is 74.6 cm³/mol. The summed E-state index contributed by atoms with van der Waals surface area (Å²) in [6.07, 6.45) is 0.0569. The quantitative estimate of drug-likeness (QED) is 0.663. The van der Waals surface area contributed by atoms with E-state index in [9.17, 15) is 15.0 Å². The van der Waals surface area contributed by atoms with Crippen LogP contribution in [0.2, 0.25) is 5.02 Å². The first kappa shape index (κ1) is 13.5. The van der Waals surface area contributed by atoms with Crippen LogP contribution in [0.5, 0.6) is 11.5 Å². The van der Waals surface area contributed by atoms with Gasteiger partial charge in [0.15, 0.2) is 5.78 Å². The van der Waals surface area contributed by atoms with E-state index in [1.807, 2.05) is 0 Å².